The van der Waals surface area contributed by atoms with Gasteiger partial charge in [-0.2, -0.15) is 0 Å². The number of thiophene rings is 1. The average molecular weight is 323 g/mol. The molecule has 1 aromatic heterocycles. The van der Waals surface area contributed by atoms with Crippen LogP contribution in [0.2, 0.25) is 0 Å². The molecule has 5 nitrogen and oxygen atoms in total. The average Bonchev–Trinajstić information content (AvgIpc) is 3.07. The van der Waals surface area contributed by atoms with Crippen molar-refractivity contribution in [2.45, 2.75) is 38.1 Å². The van der Waals surface area contributed by atoms with Crippen molar-refractivity contribution in [1.82, 2.24) is 10.2 Å². The number of carbonyl (C=O) groups excluding carboxylic acids is 2. The molecule has 1 aliphatic rings. The number of rotatable bonds is 6. The van der Waals surface area contributed by atoms with Crippen molar-refractivity contribution < 1.29 is 9.59 Å². The van der Waals surface area contributed by atoms with Crippen LogP contribution in [0.25, 0.3) is 0 Å². The van der Waals surface area contributed by atoms with Gasteiger partial charge in [-0.3, -0.25) is 9.59 Å². The Hall–Kier alpha value is -1.40. The maximum absolute atomic E-state index is 12.2. The first-order valence-electron chi connectivity index (χ1n) is 7.90. The molecule has 1 unspecified atom stereocenters. The first-order chi connectivity index (χ1) is 10.6. The predicted molar refractivity (Wildman–Crippen MR) is 88.8 cm³/mol. The Morgan fingerprint density at radius 2 is 2.14 bits per heavy atom. The lowest BCUT2D eigenvalue weighted by molar-refractivity contribution is -0.122. The molecule has 3 N–H and O–H groups in total. The van der Waals surface area contributed by atoms with Gasteiger partial charge >= 0.3 is 0 Å². The van der Waals surface area contributed by atoms with Crippen LogP contribution in [0, 0.1) is 5.92 Å². The zero-order valence-corrected chi connectivity index (χ0v) is 13.9. The van der Waals surface area contributed by atoms with Gasteiger partial charge in [-0.1, -0.05) is 25.3 Å². The van der Waals surface area contributed by atoms with Gasteiger partial charge in [-0.15, -0.1) is 11.3 Å². The van der Waals surface area contributed by atoms with Crippen LogP contribution < -0.4 is 11.1 Å². The number of likely N-dealkylation sites (N-methyl/N-ethyl adjacent to an activating group) is 1. The quantitative estimate of drug-likeness (QED) is 0.839. The normalized spacial score (nSPS) is 17.0. The van der Waals surface area contributed by atoms with Crippen LogP contribution in [0.4, 0.5) is 0 Å². The largest absolute Gasteiger partial charge is 0.350 e. The number of nitrogens with two attached hydrogens (primary N) is 1. The number of hydrogen-bond acceptors (Lipinski definition) is 4. The number of hydrogen-bond donors (Lipinski definition) is 2. The number of nitrogens with one attached hydrogen (secondary N) is 1. The summed E-state index contributed by atoms with van der Waals surface area (Å²) in [4.78, 5) is 26.4. The zero-order chi connectivity index (χ0) is 15.9. The second kappa shape index (κ2) is 8.29. The monoisotopic (exact) mass is 323 g/mol. The highest BCUT2D eigenvalue weighted by Crippen LogP contribution is 2.26. The van der Waals surface area contributed by atoms with Gasteiger partial charge in [0.05, 0.1) is 11.4 Å². The molecule has 0 bridgehead atoms. The maximum atomic E-state index is 12.2. The molecule has 2 amide bonds. The third-order valence-electron chi connectivity index (χ3n) is 4.28. The smallest absolute Gasteiger partial charge is 0.264 e. The van der Waals surface area contributed by atoms with Crippen LogP contribution in [0.1, 0.15) is 41.8 Å². The predicted octanol–water partition coefficient (Wildman–Crippen LogP) is 1.84. The van der Waals surface area contributed by atoms with E-state index in [-0.39, 0.29) is 24.4 Å². The van der Waals surface area contributed by atoms with Crippen LogP contribution in [0.15, 0.2) is 17.5 Å². The van der Waals surface area contributed by atoms with Gasteiger partial charge in [0.1, 0.15) is 0 Å². The number of carbonyl (C=O) groups is 2. The molecule has 0 aliphatic heterocycles. The molecule has 122 valence electrons. The minimum absolute atomic E-state index is 0.0260. The molecule has 1 aliphatic carbocycles. The first kappa shape index (κ1) is 17.0. The van der Waals surface area contributed by atoms with Crippen molar-refractivity contribution >= 4 is 23.2 Å². The van der Waals surface area contributed by atoms with Crippen LogP contribution >= 0.6 is 11.3 Å². The maximum Gasteiger partial charge on any atom is 0.264 e. The summed E-state index contributed by atoms with van der Waals surface area (Å²) in [6.07, 6.45) is 5.97. The summed E-state index contributed by atoms with van der Waals surface area (Å²) in [6.45, 7) is 0.527. The van der Waals surface area contributed by atoms with E-state index in [2.05, 4.69) is 5.32 Å². The molecule has 0 spiro atoms. The molecule has 0 aromatic carbocycles. The minimum atomic E-state index is -0.131. The van der Waals surface area contributed by atoms with Crippen LogP contribution in [0.3, 0.4) is 0 Å². The number of amides is 2. The SMILES string of the molecule is CN(CC(=O)NC(CN)C1CCCCC1)C(=O)c1cccs1. The second-order valence-electron chi connectivity index (χ2n) is 5.95. The van der Waals surface area contributed by atoms with E-state index in [1.807, 2.05) is 11.4 Å². The van der Waals surface area contributed by atoms with Crippen molar-refractivity contribution in [2.24, 2.45) is 11.7 Å². The molecule has 1 saturated carbocycles. The van der Waals surface area contributed by atoms with E-state index in [9.17, 15) is 9.59 Å². The van der Waals surface area contributed by atoms with E-state index in [4.69, 9.17) is 5.73 Å². The fraction of sp³-hybridized carbons (Fsp3) is 0.625. The molecular formula is C16H25N3O2S. The van der Waals surface area contributed by atoms with Crippen molar-refractivity contribution in [3.05, 3.63) is 22.4 Å². The first-order valence-corrected chi connectivity index (χ1v) is 8.78. The molecule has 2 rings (SSSR count). The summed E-state index contributed by atoms with van der Waals surface area (Å²) in [5, 5.41) is 4.87. The fourth-order valence-electron chi connectivity index (χ4n) is 3.03. The van der Waals surface area contributed by atoms with Gasteiger partial charge < -0.3 is 16.0 Å². The van der Waals surface area contributed by atoms with Gasteiger partial charge in [-0.05, 0) is 30.2 Å². The van der Waals surface area contributed by atoms with Crippen molar-refractivity contribution in [2.75, 3.05) is 20.1 Å². The van der Waals surface area contributed by atoms with E-state index < -0.39 is 0 Å². The van der Waals surface area contributed by atoms with Crippen molar-refractivity contribution in [3.63, 3.8) is 0 Å². The summed E-state index contributed by atoms with van der Waals surface area (Å²) in [6, 6.07) is 3.63. The summed E-state index contributed by atoms with van der Waals surface area (Å²) in [5.41, 5.74) is 5.83. The Morgan fingerprint density at radius 3 is 2.73 bits per heavy atom. The molecule has 1 fully saturated rings. The summed E-state index contributed by atoms with van der Waals surface area (Å²) >= 11 is 1.38. The Morgan fingerprint density at radius 1 is 1.41 bits per heavy atom. The molecule has 0 saturated heterocycles. The lowest BCUT2D eigenvalue weighted by atomic mass is 9.84. The Balaban J connectivity index is 1.84. The lowest BCUT2D eigenvalue weighted by Crippen LogP contribution is -2.49. The van der Waals surface area contributed by atoms with Crippen LogP contribution in [-0.2, 0) is 4.79 Å². The van der Waals surface area contributed by atoms with Crippen molar-refractivity contribution in [1.29, 1.82) is 0 Å². The fourth-order valence-corrected chi connectivity index (χ4v) is 3.75. The van der Waals surface area contributed by atoms with Gasteiger partial charge in [0, 0.05) is 19.6 Å². The van der Waals surface area contributed by atoms with E-state index in [1.54, 1.807) is 13.1 Å². The molecular weight excluding hydrogens is 298 g/mol. The standard InChI is InChI=1S/C16H25N3O2S/c1-19(16(21)14-8-5-9-22-14)11-15(20)18-13(10-17)12-6-3-2-4-7-12/h5,8-9,12-13H,2-4,6-7,10-11,17H2,1H3,(H,18,20). The van der Waals surface area contributed by atoms with Crippen LogP contribution in [0.5, 0.6) is 0 Å². The summed E-state index contributed by atoms with van der Waals surface area (Å²) < 4.78 is 0. The lowest BCUT2D eigenvalue weighted by Gasteiger charge is -2.30. The second-order valence-corrected chi connectivity index (χ2v) is 6.89. The Bertz CT molecular complexity index is 484. The third kappa shape index (κ3) is 4.55. The Labute approximate surface area is 135 Å². The molecule has 0 radical (unpaired) electrons. The van der Waals surface area contributed by atoms with E-state index in [0.717, 1.165) is 12.8 Å². The molecule has 6 heteroatoms. The highest BCUT2D eigenvalue weighted by molar-refractivity contribution is 7.12. The molecule has 1 atom stereocenters. The summed E-state index contributed by atoms with van der Waals surface area (Å²) in [7, 11) is 1.65. The van der Waals surface area contributed by atoms with E-state index in [1.165, 1.54) is 35.5 Å². The van der Waals surface area contributed by atoms with E-state index >= 15 is 0 Å². The highest BCUT2D eigenvalue weighted by atomic mass is 32.1. The molecule has 22 heavy (non-hydrogen) atoms. The molecule has 1 aromatic rings. The third-order valence-corrected chi connectivity index (χ3v) is 5.14. The minimum Gasteiger partial charge on any atom is -0.350 e. The highest BCUT2D eigenvalue weighted by Gasteiger charge is 2.25. The topological polar surface area (TPSA) is 75.4 Å². The van der Waals surface area contributed by atoms with Crippen molar-refractivity contribution in [3.8, 4) is 0 Å². The van der Waals surface area contributed by atoms with E-state index in [0.29, 0.717) is 17.3 Å². The zero-order valence-electron chi connectivity index (χ0n) is 13.1. The van der Waals surface area contributed by atoms with Gasteiger partial charge in [0.2, 0.25) is 5.91 Å². The number of nitrogens with zero attached hydrogens (tertiary/aromatic N) is 1. The van der Waals surface area contributed by atoms with Crippen LogP contribution in [-0.4, -0.2) is 42.9 Å². The Kier molecular flexibility index (Phi) is 6.39. The van der Waals surface area contributed by atoms with Gasteiger partial charge in [0.25, 0.3) is 5.91 Å². The summed E-state index contributed by atoms with van der Waals surface area (Å²) in [5.74, 6) is 0.224. The van der Waals surface area contributed by atoms with Gasteiger partial charge in [-0.25, -0.2) is 0 Å². The molecule has 1 heterocycles. The van der Waals surface area contributed by atoms with Gasteiger partial charge in [0.15, 0.2) is 0 Å².